The van der Waals surface area contributed by atoms with Crippen molar-refractivity contribution < 1.29 is 23.8 Å². The topological polar surface area (TPSA) is 80.3 Å². The van der Waals surface area contributed by atoms with Crippen molar-refractivity contribution in [1.82, 2.24) is 9.80 Å². The Balaban J connectivity index is 1.57. The van der Waals surface area contributed by atoms with Crippen molar-refractivity contribution in [3.63, 3.8) is 0 Å². The zero-order chi connectivity index (χ0) is 24.9. The maximum atomic E-state index is 13.4. The number of amides is 2. The van der Waals surface area contributed by atoms with Gasteiger partial charge in [-0.15, -0.1) is 0 Å². The van der Waals surface area contributed by atoms with Crippen molar-refractivity contribution in [2.24, 2.45) is 17.8 Å². The van der Waals surface area contributed by atoms with E-state index in [1.807, 2.05) is 7.05 Å². The van der Waals surface area contributed by atoms with E-state index in [0.29, 0.717) is 43.4 Å². The number of anilines is 1. The largest absolute Gasteiger partial charge is 0.491 e. The van der Waals surface area contributed by atoms with E-state index in [1.165, 1.54) is 12.8 Å². The second-order valence-electron chi connectivity index (χ2n) is 10.6. The summed E-state index contributed by atoms with van der Waals surface area (Å²) in [5, 5.41) is 3.02. The number of ether oxygens (including phenoxy) is 3. The lowest BCUT2D eigenvalue weighted by molar-refractivity contribution is -0.122. The molecule has 0 bridgehead atoms. The molecule has 2 fully saturated rings. The van der Waals surface area contributed by atoms with Gasteiger partial charge in [0.25, 0.3) is 5.91 Å². The van der Waals surface area contributed by atoms with Gasteiger partial charge in [0.1, 0.15) is 12.4 Å². The average molecular weight is 488 g/mol. The Bertz CT molecular complexity index is 884. The van der Waals surface area contributed by atoms with Crippen molar-refractivity contribution in [3.05, 3.63) is 23.8 Å². The molecule has 0 aromatic heterocycles. The van der Waals surface area contributed by atoms with Crippen LogP contribution in [0.1, 0.15) is 49.9 Å². The lowest BCUT2D eigenvalue weighted by Gasteiger charge is -2.36. The molecule has 3 atom stereocenters. The predicted octanol–water partition coefficient (Wildman–Crippen LogP) is 3.27. The van der Waals surface area contributed by atoms with Crippen LogP contribution in [0, 0.1) is 17.8 Å². The van der Waals surface area contributed by atoms with E-state index in [4.69, 9.17) is 14.2 Å². The van der Waals surface area contributed by atoms with Gasteiger partial charge < -0.3 is 24.4 Å². The first kappa shape index (κ1) is 25.9. The zero-order valence-corrected chi connectivity index (χ0v) is 21.6. The Morgan fingerprint density at radius 3 is 2.57 bits per heavy atom. The summed E-state index contributed by atoms with van der Waals surface area (Å²) in [7, 11) is 3.53. The molecule has 1 saturated heterocycles. The highest BCUT2D eigenvalue weighted by Gasteiger charge is 2.32. The quantitative estimate of drug-likeness (QED) is 0.687. The van der Waals surface area contributed by atoms with Gasteiger partial charge in [-0.25, -0.2) is 0 Å². The number of hydrogen-bond acceptors (Lipinski definition) is 6. The van der Waals surface area contributed by atoms with Crippen molar-refractivity contribution >= 4 is 17.5 Å². The lowest BCUT2D eigenvalue weighted by atomic mass is 9.99. The van der Waals surface area contributed by atoms with Crippen LogP contribution in [-0.4, -0.2) is 87.4 Å². The van der Waals surface area contributed by atoms with Crippen LogP contribution in [0.25, 0.3) is 0 Å². The third-order valence-corrected chi connectivity index (χ3v) is 7.63. The standard InChI is InChI=1S/C27H41N3O5/c1-18-14-30(15-20-5-6-20)19(2)17-35-24-13-22(28-26(31)21-9-11-34-12-10-21)7-8-23(24)27(32)29(3)16-25(18)33-4/h7-8,13,18-21,25H,5-6,9-12,14-17H2,1-4H3,(H,28,31)/t18-,19+,25-/m0/s1. The fourth-order valence-electron chi connectivity index (χ4n) is 5.02. The molecule has 8 heteroatoms. The highest BCUT2D eigenvalue weighted by molar-refractivity contribution is 5.98. The first-order valence-electron chi connectivity index (χ1n) is 13.0. The van der Waals surface area contributed by atoms with E-state index in [2.05, 4.69) is 24.1 Å². The van der Waals surface area contributed by atoms with Crippen LogP contribution in [0.15, 0.2) is 18.2 Å². The molecule has 8 nitrogen and oxygen atoms in total. The molecule has 2 amide bonds. The summed E-state index contributed by atoms with van der Waals surface area (Å²) < 4.78 is 17.5. The summed E-state index contributed by atoms with van der Waals surface area (Å²) in [4.78, 5) is 30.4. The van der Waals surface area contributed by atoms with Gasteiger partial charge in [0, 0.05) is 70.7 Å². The molecular formula is C27H41N3O5. The van der Waals surface area contributed by atoms with Gasteiger partial charge in [-0.05, 0) is 56.6 Å². The average Bonchev–Trinajstić information content (AvgIpc) is 3.69. The smallest absolute Gasteiger partial charge is 0.257 e. The molecule has 3 aliphatic rings. The number of likely N-dealkylation sites (N-methyl/N-ethyl adjacent to an activating group) is 1. The second-order valence-corrected chi connectivity index (χ2v) is 10.6. The number of benzene rings is 1. The van der Waals surface area contributed by atoms with Crippen molar-refractivity contribution in [3.8, 4) is 5.75 Å². The Morgan fingerprint density at radius 1 is 1.14 bits per heavy atom. The first-order valence-corrected chi connectivity index (χ1v) is 13.0. The number of fused-ring (bicyclic) bond motifs is 1. The molecule has 194 valence electrons. The van der Waals surface area contributed by atoms with Crippen LogP contribution < -0.4 is 10.1 Å². The first-order chi connectivity index (χ1) is 16.9. The Morgan fingerprint density at radius 2 is 1.89 bits per heavy atom. The minimum atomic E-state index is -0.111. The van der Waals surface area contributed by atoms with Crippen LogP contribution in [0.3, 0.4) is 0 Å². The van der Waals surface area contributed by atoms with Gasteiger partial charge in [-0.1, -0.05) is 6.92 Å². The third kappa shape index (κ3) is 6.74. The van der Waals surface area contributed by atoms with Crippen molar-refractivity contribution in [2.45, 2.75) is 51.7 Å². The van der Waals surface area contributed by atoms with Gasteiger partial charge in [0.15, 0.2) is 0 Å². The third-order valence-electron chi connectivity index (χ3n) is 7.63. The molecule has 1 aromatic carbocycles. The molecule has 1 aromatic rings. The summed E-state index contributed by atoms with van der Waals surface area (Å²) in [5.74, 6) is 1.38. The number of rotatable bonds is 5. The number of carbonyl (C=O) groups is 2. The monoisotopic (exact) mass is 487 g/mol. The maximum Gasteiger partial charge on any atom is 0.257 e. The SMILES string of the molecule is CO[C@H]1CN(C)C(=O)c2ccc(NC(=O)C3CCOCC3)cc2OC[C@@H](C)N(CC2CC2)C[C@@H]1C. The number of methoxy groups -OCH3 is 1. The minimum Gasteiger partial charge on any atom is -0.491 e. The van der Waals surface area contributed by atoms with Gasteiger partial charge in [-0.2, -0.15) is 0 Å². The number of nitrogens with one attached hydrogen (secondary N) is 1. The zero-order valence-electron chi connectivity index (χ0n) is 21.6. The molecule has 0 radical (unpaired) electrons. The summed E-state index contributed by atoms with van der Waals surface area (Å²) in [6.07, 6.45) is 3.98. The molecular weight excluding hydrogens is 446 g/mol. The molecule has 35 heavy (non-hydrogen) atoms. The maximum absolute atomic E-state index is 13.4. The molecule has 2 aliphatic heterocycles. The fourth-order valence-corrected chi connectivity index (χ4v) is 5.02. The lowest BCUT2D eigenvalue weighted by Crippen LogP contribution is -2.47. The van der Waals surface area contributed by atoms with Gasteiger partial charge in [0.2, 0.25) is 5.91 Å². The highest BCUT2D eigenvalue weighted by atomic mass is 16.5. The normalized spacial score (nSPS) is 27.4. The van der Waals surface area contributed by atoms with Crippen LogP contribution in [-0.2, 0) is 14.3 Å². The van der Waals surface area contributed by atoms with Crippen LogP contribution in [0.4, 0.5) is 5.69 Å². The summed E-state index contributed by atoms with van der Waals surface area (Å²) in [6.45, 7) is 8.55. The van der Waals surface area contributed by atoms with Crippen LogP contribution in [0.2, 0.25) is 0 Å². The van der Waals surface area contributed by atoms with Crippen LogP contribution >= 0.6 is 0 Å². The van der Waals surface area contributed by atoms with Gasteiger partial charge in [0.05, 0.1) is 11.7 Å². The molecule has 2 heterocycles. The molecule has 1 aliphatic carbocycles. The van der Waals surface area contributed by atoms with E-state index < -0.39 is 0 Å². The summed E-state index contributed by atoms with van der Waals surface area (Å²) in [5.41, 5.74) is 1.15. The Hall–Kier alpha value is -2.16. The summed E-state index contributed by atoms with van der Waals surface area (Å²) in [6, 6.07) is 5.53. The fraction of sp³-hybridized carbons (Fsp3) is 0.704. The predicted molar refractivity (Wildman–Crippen MR) is 135 cm³/mol. The van der Waals surface area contributed by atoms with Crippen molar-refractivity contribution in [1.29, 1.82) is 0 Å². The number of nitrogens with zero attached hydrogens (tertiary/aromatic N) is 2. The molecule has 1 N–H and O–H groups in total. The molecule has 4 rings (SSSR count). The molecule has 1 saturated carbocycles. The van der Waals surface area contributed by atoms with Gasteiger partial charge in [-0.3, -0.25) is 14.5 Å². The highest BCUT2D eigenvalue weighted by Crippen LogP contribution is 2.32. The van der Waals surface area contributed by atoms with Crippen molar-refractivity contribution in [2.75, 3.05) is 58.9 Å². The molecule has 0 spiro atoms. The van der Waals surface area contributed by atoms with Crippen LogP contribution in [0.5, 0.6) is 5.75 Å². The second kappa shape index (κ2) is 11.7. The van der Waals surface area contributed by atoms with E-state index in [0.717, 1.165) is 31.8 Å². The molecule has 0 unspecified atom stereocenters. The summed E-state index contributed by atoms with van der Waals surface area (Å²) >= 11 is 0. The van der Waals surface area contributed by atoms with E-state index in [9.17, 15) is 9.59 Å². The van der Waals surface area contributed by atoms with Gasteiger partial charge >= 0.3 is 0 Å². The van der Waals surface area contributed by atoms with E-state index in [1.54, 1.807) is 30.2 Å². The number of hydrogen-bond donors (Lipinski definition) is 1. The Kier molecular flexibility index (Phi) is 8.68. The Labute approximate surface area is 209 Å². The van der Waals surface area contributed by atoms with E-state index in [-0.39, 0.29) is 35.8 Å². The number of carbonyl (C=O) groups excluding carboxylic acids is 2. The van der Waals surface area contributed by atoms with E-state index >= 15 is 0 Å². The minimum absolute atomic E-state index is 0.00857.